The lowest BCUT2D eigenvalue weighted by Gasteiger charge is -2.50. The highest BCUT2D eigenvalue weighted by Crippen LogP contribution is 2.30. The van der Waals surface area contributed by atoms with Gasteiger partial charge in [-0.1, -0.05) is 78.6 Å². The fourth-order valence-corrected chi connectivity index (χ4v) is 4.74. The number of quaternary nitrogens is 1. The number of rotatable bonds is 18. The van der Waals surface area contributed by atoms with Crippen molar-refractivity contribution in [3.8, 4) is 0 Å². The van der Waals surface area contributed by atoms with Gasteiger partial charge < -0.3 is 4.48 Å². The van der Waals surface area contributed by atoms with Crippen LogP contribution in [0.2, 0.25) is 0 Å². The van der Waals surface area contributed by atoms with Crippen molar-refractivity contribution < 1.29 is 4.48 Å². The molecule has 1 nitrogen and oxygen atoms in total. The minimum atomic E-state index is 0.800. The van der Waals surface area contributed by atoms with E-state index in [1.165, 1.54) is 101 Å². The molecular weight excluding hydrogens is 314 g/mol. The predicted octanol–water partition coefficient (Wildman–Crippen LogP) is 8.51. The highest BCUT2D eigenvalue weighted by atomic mass is 15.4. The van der Waals surface area contributed by atoms with Gasteiger partial charge in [0.05, 0.1) is 25.2 Å². The van der Waals surface area contributed by atoms with Crippen LogP contribution in [0.5, 0.6) is 0 Å². The second kappa shape index (κ2) is 16.0. The van der Waals surface area contributed by atoms with Crippen LogP contribution in [-0.2, 0) is 0 Å². The fraction of sp³-hybridized carbons (Fsp3) is 1.00. The van der Waals surface area contributed by atoms with Gasteiger partial charge in [-0.3, -0.25) is 0 Å². The molecule has 158 valence electrons. The van der Waals surface area contributed by atoms with Crippen molar-refractivity contribution in [3.63, 3.8) is 0 Å². The Morgan fingerprint density at radius 2 is 0.731 bits per heavy atom. The largest absolute Gasteiger partial charge is 0.319 e. The molecule has 1 heteroatoms. The van der Waals surface area contributed by atoms with Gasteiger partial charge in [0.2, 0.25) is 0 Å². The van der Waals surface area contributed by atoms with Gasteiger partial charge in [-0.25, -0.2) is 0 Å². The normalized spacial score (nSPS) is 17.7. The lowest BCUT2D eigenvalue weighted by molar-refractivity contribution is -0.974. The van der Waals surface area contributed by atoms with E-state index in [0.29, 0.717) is 0 Å². The van der Waals surface area contributed by atoms with Crippen LogP contribution < -0.4 is 0 Å². The van der Waals surface area contributed by atoms with E-state index in [1.54, 1.807) is 0 Å². The summed E-state index contributed by atoms with van der Waals surface area (Å²) in [6.07, 6.45) is 21.1. The standard InChI is InChI=1S/C25H54N/c1-8-11-14-17-20-23(4)26(7,24(5)21-18-15-12-9-2)25(6)22-19-16-13-10-3/h23-25H,8-22H2,1-7H3/q+1. The quantitative estimate of drug-likeness (QED) is 0.168. The summed E-state index contributed by atoms with van der Waals surface area (Å²) in [5.74, 6) is 0. The van der Waals surface area contributed by atoms with E-state index in [2.05, 4.69) is 48.6 Å². The van der Waals surface area contributed by atoms with Gasteiger partial charge in [-0.05, 0) is 59.3 Å². The number of unbranched alkanes of at least 4 members (excludes halogenated alkanes) is 9. The van der Waals surface area contributed by atoms with Crippen molar-refractivity contribution in [1.29, 1.82) is 0 Å². The van der Waals surface area contributed by atoms with Crippen molar-refractivity contribution in [2.75, 3.05) is 7.05 Å². The van der Waals surface area contributed by atoms with Gasteiger partial charge >= 0.3 is 0 Å². The molecule has 0 aromatic carbocycles. The Balaban J connectivity index is 4.80. The summed E-state index contributed by atoms with van der Waals surface area (Å²) in [4.78, 5) is 0. The SMILES string of the molecule is CCCCCCC(C)[N+](C)(C(C)CCCCCC)C(C)CCCCCC. The molecule has 0 N–H and O–H groups in total. The molecule has 0 aromatic rings. The van der Waals surface area contributed by atoms with Crippen LogP contribution in [-0.4, -0.2) is 29.7 Å². The molecule has 0 aromatic heterocycles. The van der Waals surface area contributed by atoms with Crippen LogP contribution >= 0.6 is 0 Å². The van der Waals surface area contributed by atoms with Crippen LogP contribution in [0.4, 0.5) is 0 Å². The summed E-state index contributed by atoms with van der Waals surface area (Å²) in [5, 5.41) is 0. The van der Waals surface area contributed by atoms with Gasteiger partial charge in [0.15, 0.2) is 0 Å². The molecule has 3 atom stereocenters. The van der Waals surface area contributed by atoms with Crippen LogP contribution in [0.1, 0.15) is 138 Å². The van der Waals surface area contributed by atoms with E-state index >= 15 is 0 Å². The Kier molecular flexibility index (Phi) is 15.9. The molecule has 0 rings (SSSR count). The molecular formula is C25H54N+. The molecule has 0 saturated heterocycles. The summed E-state index contributed by atoms with van der Waals surface area (Å²) in [5.41, 5.74) is 0. The highest BCUT2D eigenvalue weighted by molar-refractivity contribution is 4.67. The lowest BCUT2D eigenvalue weighted by Crippen LogP contribution is -2.61. The van der Waals surface area contributed by atoms with Gasteiger partial charge in [0, 0.05) is 0 Å². The Morgan fingerprint density at radius 3 is 0.962 bits per heavy atom. The van der Waals surface area contributed by atoms with E-state index in [4.69, 9.17) is 0 Å². The van der Waals surface area contributed by atoms with Gasteiger partial charge in [0.25, 0.3) is 0 Å². The second-order valence-corrected chi connectivity index (χ2v) is 9.32. The number of hydrogen-bond acceptors (Lipinski definition) is 0. The third kappa shape index (κ3) is 9.77. The van der Waals surface area contributed by atoms with Crippen LogP contribution in [0.3, 0.4) is 0 Å². The third-order valence-corrected chi connectivity index (χ3v) is 7.28. The second-order valence-electron chi connectivity index (χ2n) is 9.32. The van der Waals surface area contributed by atoms with Crippen molar-refractivity contribution >= 4 is 0 Å². The zero-order valence-electron chi connectivity index (χ0n) is 19.8. The molecule has 0 heterocycles. The first kappa shape index (κ1) is 26.0. The van der Waals surface area contributed by atoms with E-state index in [9.17, 15) is 0 Å². The van der Waals surface area contributed by atoms with E-state index < -0.39 is 0 Å². The maximum atomic E-state index is 2.60. The van der Waals surface area contributed by atoms with Gasteiger partial charge in [-0.2, -0.15) is 0 Å². The molecule has 0 bridgehead atoms. The molecule has 0 aliphatic heterocycles. The van der Waals surface area contributed by atoms with Gasteiger partial charge in [-0.15, -0.1) is 0 Å². The topological polar surface area (TPSA) is 0 Å². The van der Waals surface area contributed by atoms with Gasteiger partial charge in [0.1, 0.15) is 0 Å². The molecule has 3 unspecified atom stereocenters. The fourth-order valence-electron chi connectivity index (χ4n) is 4.74. The maximum Gasteiger partial charge on any atom is 0.0863 e. The lowest BCUT2D eigenvalue weighted by atomic mass is 9.94. The summed E-state index contributed by atoms with van der Waals surface area (Å²) < 4.78 is 1.31. The Bertz CT molecular complexity index is 253. The van der Waals surface area contributed by atoms with Crippen LogP contribution in [0.15, 0.2) is 0 Å². The zero-order valence-corrected chi connectivity index (χ0v) is 19.8. The van der Waals surface area contributed by atoms with E-state index in [-0.39, 0.29) is 0 Å². The molecule has 0 radical (unpaired) electrons. The molecule has 0 aliphatic rings. The monoisotopic (exact) mass is 368 g/mol. The Morgan fingerprint density at radius 1 is 0.462 bits per heavy atom. The number of nitrogens with zero attached hydrogens (tertiary/aromatic N) is 1. The third-order valence-electron chi connectivity index (χ3n) is 7.28. The van der Waals surface area contributed by atoms with Crippen LogP contribution in [0.25, 0.3) is 0 Å². The molecule has 0 spiro atoms. The molecule has 0 fully saturated rings. The summed E-state index contributed by atoms with van der Waals surface area (Å²) >= 11 is 0. The molecule has 26 heavy (non-hydrogen) atoms. The van der Waals surface area contributed by atoms with Crippen molar-refractivity contribution in [2.24, 2.45) is 0 Å². The molecule has 0 amide bonds. The predicted molar refractivity (Wildman–Crippen MR) is 121 cm³/mol. The summed E-state index contributed by atoms with van der Waals surface area (Å²) in [6.45, 7) is 14.6. The minimum absolute atomic E-state index is 0.800. The van der Waals surface area contributed by atoms with Crippen molar-refractivity contribution in [3.05, 3.63) is 0 Å². The first-order valence-corrected chi connectivity index (χ1v) is 12.3. The van der Waals surface area contributed by atoms with Crippen molar-refractivity contribution in [2.45, 2.75) is 156 Å². The Labute approximate surface area is 167 Å². The van der Waals surface area contributed by atoms with Crippen molar-refractivity contribution in [1.82, 2.24) is 0 Å². The first-order chi connectivity index (χ1) is 12.4. The molecule has 0 aliphatic carbocycles. The Hall–Kier alpha value is -0.0400. The number of hydrogen-bond donors (Lipinski definition) is 0. The average molecular weight is 369 g/mol. The highest BCUT2D eigenvalue weighted by Gasteiger charge is 2.38. The maximum absolute atomic E-state index is 2.60. The van der Waals surface area contributed by atoms with E-state index in [0.717, 1.165) is 18.1 Å². The molecule has 0 saturated carbocycles. The van der Waals surface area contributed by atoms with E-state index in [1.807, 2.05) is 0 Å². The minimum Gasteiger partial charge on any atom is -0.319 e. The summed E-state index contributed by atoms with van der Waals surface area (Å²) in [7, 11) is 2.60. The zero-order chi connectivity index (χ0) is 19.8. The average Bonchev–Trinajstić information content (AvgIpc) is 2.64. The summed E-state index contributed by atoms with van der Waals surface area (Å²) in [6, 6.07) is 2.40. The first-order valence-electron chi connectivity index (χ1n) is 12.3. The van der Waals surface area contributed by atoms with Crippen LogP contribution in [0, 0.1) is 0 Å². The smallest absolute Gasteiger partial charge is 0.0863 e.